The highest BCUT2D eigenvalue weighted by atomic mass is 35.5. The third-order valence-corrected chi connectivity index (χ3v) is 8.63. The van der Waals surface area contributed by atoms with E-state index in [9.17, 15) is 9.90 Å². The fourth-order valence-electron chi connectivity index (χ4n) is 4.78. The van der Waals surface area contributed by atoms with Gasteiger partial charge in [-0.2, -0.15) is 0 Å². The Bertz CT molecular complexity index is 1420. The number of fused-ring (bicyclic) bond motifs is 1. The van der Waals surface area contributed by atoms with Crippen molar-refractivity contribution in [1.82, 2.24) is 15.5 Å². The highest BCUT2D eigenvalue weighted by Crippen LogP contribution is 2.46. The molecule has 6 rings (SSSR count). The number of benzene rings is 2. The number of hydrogen-bond donors (Lipinski definition) is 2. The van der Waals surface area contributed by atoms with Crippen LogP contribution >= 0.6 is 34.5 Å². The minimum atomic E-state index is -0.920. The molecule has 0 amide bonds. The number of aromatic carboxylic acids is 1. The van der Waals surface area contributed by atoms with Crippen molar-refractivity contribution in [2.24, 2.45) is 0 Å². The monoisotopic (exact) mass is 542 g/mol. The van der Waals surface area contributed by atoms with Crippen molar-refractivity contribution in [3.05, 3.63) is 63.3 Å². The number of nitrogens with one attached hydrogen (secondary N) is 1. The lowest BCUT2D eigenvalue weighted by Gasteiger charge is -2.32. The predicted molar refractivity (Wildman–Crippen MR) is 143 cm³/mol. The molecule has 4 aromatic rings. The lowest BCUT2D eigenvalue weighted by molar-refractivity contribution is 0.0697. The Morgan fingerprint density at radius 1 is 1.14 bits per heavy atom. The van der Waals surface area contributed by atoms with E-state index in [-0.39, 0.29) is 5.56 Å². The van der Waals surface area contributed by atoms with E-state index in [2.05, 4.69) is 15.4 Å². The molecule has 2 aliphatic rings. The largest absolute Gasteiger partial charge is 0.478 e. The average Bonchev–Trinajstić information content (AvgIpc) is 3.49. The third-order valence-electron chi connectivity index (χ3n) is 6.92. The van der Waals surface area contributed by atoms with Crippen LogP contribution in [-0.4, -0.2) is 40.3 Å². The SMILES string of the molecule is O=C(O)c1ccc2nc(N3CCC(NCc4c(-c5c(Cl)cccc5Cl)noc4C4CC4)CC3)sc2c1. The zero-order chi connectivity index (χ0) is 24.8. The number of halogens is 2. The van der Waals surface area contributed by atoms with E-state index in [1.807, 2.05) is 18.2 Å². The van der Waals surface area contributed by atoms with Crippen molar-refractivity contribution in [2.45, 2.75) is 44.2 Å². The van der Waals surface area contributed by atoms with Gasteiger partial charge in [0.05, 0.1) is 25.8 Å². The van der Waals surface area contributed by atoms with Gasteiger partial charge >= 0.3 is 5.97 Å². The molecule has 2 aromatic carbocycles. The second kappa shape index (κ2) is 9.67. The van der Waals surface area contributed by atoms with Crippen LogP contribution in [0.5, 0.6) is 0 Å². The molecule has 0 atom stereocenters. The second-order valence-electron chi connectivity index (χ2n) is 9.37. The number of thiazole rings is 1. The van der Waals surface area contributed by atoms with E-state index in [4.69, 9.17) is 32.7 Å². The zero-order valence-corrected chi connectivity index (χ0v) is 21.7. The van der Waals surface area contributed by atoms with Crippen molar-refractivity contribution < 1.29 is 14.4 Å². The normalized spacial score (nSPS) is 16.7. The van der Waals surface area contributed by atoms with Crippen molar-refractivity contribution in [1.29, 1.82) is 0 Å². The zero-order valence-electron chi connectivity index (χ0n) is 19.3. The molecule has 3 heterocycles. The van der Waals surface area contributed by atoms with Crippen LogP contribution in [0.4, 0.5) is 5.13 Å². The molecule has 1 saturated carbocycles. The van der Waals surface area contributed by atoms with Gasteiger partial charge < -0.3 is 19.8 Å². The number of hydrogen-bond acceptors (Lipinski definition) is 7. The van der Waals surface area contributed by atoms with Gasteiger partial charge in [-0.3, -0.25) is 0 Å². The van der Waals surface area contributed by atoms with Crippen LogP contribution in [0.25, 0.3) is 21.5 Å². The minimum absolute atomic E-state index is 0.289. The number of carboxylic acid groups (broad SMARTS) is 1. The molecule has 2 fully saturated rings. The summed E-state index contributed by atoms with van der Waals surface area (Å²) in [5.41, 5.74) is 3.64. The molecule has 186 valence electrons. The quantitative estimate of drug-likeness (QED) is 0.272. The Morgan fingerprint density at radius 2 is 1.89 bits per heavy atom. The first-order chi connectivity index (χ1) is 17.5. The summed E-state index contributed by atoms with van der Waals surface area (Å²) < 4.78 is 6.69. The van der Waals surface area contributed by atoms with Crippen molar-refractivity contribution in [2.75, 3.05) is 18.0 Å². The van der Waals surface area contributed by atoms with E-state index in [0.29, 0.717) is 28.5 Å². The number of nitrogens with zero attached hydrogens (tertiary/aromatic N) is 3. The van der Waals surface area contributed by atoms with E-state index < -0.39 is 5.97 Å². The fraction of sp³-hybridized carbons (Fsp3) is 0.346. The smallest absolute Gasteiger partial charge is 0.335 e. The molecule has 1 saturated heterocycles. The Kier molecular flexibility index (Phi) is 6.37. The molecule has 36 heavy (non-hydrogen) atoms. The van der Waals surface area contributed by atoms with Gasteiger partial charge in [0.2, 0.25) is 0 Å². The number of carbonyl (C=O) groups is 1. The fourth-order valence-corrected chi connectivity index (χ4v) is 6.41. The van der Waals surface area contributed by atoms with Gasteiger partial charge in [0.1, 0.15) is 11.5 Å². The molecule has 0 bridgehead atoms. The number of piperidine rings is 1. The van der Waals surface area contributed by atoms with Crippen molar-refractivity contribution in [3.8, 4) is 11.3 Å². The van der Waals surface area contributed by atoms with E-state index in [1.165, 1.54) is 0 Å². The van der Waals surface area contributed by atoms with Gasteiger partial charge in [0.15, 0.2) is 5.13 Å². The number of aromatic nitrogens is 2. The van der Waals surface area contributed by atoms with Crippen LogP contribution in [0.3, 0.4) is 0 Å². The van der Waals surface area contributed by atoms with Crippen molar-refractivity contribution >= 4 is 55.9 Å². The maximum Gasteiger partial charge on any atom is 0.335 e. The predicted octanol–water partition coefficient (Wildman–Crippen LogP) is 6.59. The molecule has 10 heteroatoms. The minimum Gasteiger partial charge on any atom is -0.478 e. The lowest BCUT2D eigenvalue weighted by atomic mass is 10.0. The van der Waals surface area contributed by atoms with Crippen LogP contribution in [0.1, 0.15) is 53.3 Å². The maximum atomic E-state index is 11.3. The first kappa shape index (κ1) is 23.7. The van der Waals surface area contributed by atoms with Gasteiger partial charge in [0, 0.05) is 42.7 Å². The second-order valence-corrected chi connectivity index (χ2v) is 11.2. The van der Waals surface area contributed by atoms with E-state index >= 15 is 0 Å². The van der Waals surface area contributed by atoms with Crippen LogP contribution in [0, 0.1) is 0 Å². The van der Waals surface area contributed by atoms with Crippen LogP contribution in [0.15, 0.2) is 40.9 Å². The van der Waals surface area contributed by atoms with Gasteiger partial charge in [-0.15, -0.1) is 0 Å². The standard InChI is InChI=1S/C26H24Cl2N4O3S/c27-18-2-1-3-19(28)22(18)23-17(24(35-31-23)14-4-5-14)13-29-16-8-10-32(11-9-16)26-30-20-7-6-15(25(33)34)12-21(20)36-26/h1-3,6-7,12,14,16,29H,4-5,8-11,13H2,(H,33,34). The Morgan fingerprint density at radius 3 is 2.58 bits per heavy atom. The summed E-state index contributed by atoms with van der Waals surface area (Å²) in [6.07, 6.45) is 4.18. The molecule has 2 aromatic heterocycles. The maximum absolute atomic E-state index is 11.3. The number of carboxylic acids is 1. The molecule has 1 aliphatic carbocycles. The van der Waals surface area contributed by atoms with E-state index in [1.54, 1.807) is 29.5 Å². The third kappa shape index (κ3) is 4.59. The highest BCUT2D eigenvalue weighted by Gasteiger charge is 2.33. The molecular formula is C26H24Cl2N4O3S. The average molecular weight is 543 g/mol. The first-order valence-electron chi connectivity index (χ1n) is 12.0. The van der Waals surface area contributed by atoms with Gasteiger partial charge in [-0.05, 0) is 56.0 Å². The summed E-state index contributed by atoms with van der Waals surface area (Å²) in [5.74, 6) is 0.448. The molecule has 0 spiro atoms. The Labute approximate surface area is 222 Å². The molecule has 0 unspecified atom stereocenters. The van der Waals surface area contributed by atoms with Crippen molar-refractivity contribution in [3.63, 3.8) is 0 Å². The lowest BCUT2D eigenvalue weighted by Crippen LogP contribution is -2.42. The van der Waals surface area contributed by atoms with E-state index in [0.717, 1.165) is 76.7 Å². The summed E-state index contributed by atoms with van der Waals surface area (Å²) in [6.45, 7) is 2.41. The molecule has 1 aliphatic heterocycles. The van der Waals surface area contributed by atoms with Crippen LogP contribution in [-0.2, 0) is 6.54 Å². The van der Waals surface area contributed by atoms with Gasteiger partial charge in [0.25, 0.3) is 0 Å². The first-order valence-corrected chi connectivity index (χ1v) is 13.6. The van der Waals surface area contributed by atoms with Crippen LogP contribution in [0.2, 0.25) is 10.0 Å². The van der Waals surface area contributed by atoms with Crippen LogP contribution < -0.4 is 10.2 Å². The Balaban J connectivity index is 1.14. The molecule has 2 N–H and O–H groups in total. The molecule has 7 nitrogen and oxygen atoms in total. The molecular weight excluding hydrogens is 519 g/mol. The summed E-state index contributed by atoms with van der Waals surface area (Å²) >= 11 is 14.5. The molecule has 0 radical (unpaired) electrons. The van der Waals surface area contributed by atoms with Gasteiger partial charge in [-0.25, -0.2) is 9.78 Å². The summed E-state index contributed by atoms with van der Waals surface area (Å²) in [6, 6.07) is 10.9. The topological polar surface area (TPSA) is 91.5 Å². The summed E-state index contributed by atoms with van der Waals surface area (Å²) in [7, 11) is 0. The summed E-state index contributed by atoms with van der Waals surface area (Å²) in [5, 5.41) is 19.4. The van der Waals surface area contributed by atoms with Gasteiger partial charge in [-0.1, -0.05) is 45.8 Å². The number of anilines is 1. The highest BCUT2D eigenvalue weighted by molar-refractivity contribution is 7.22. The Hall–Kier alpha value is -2.65. The summed E-state index contributed by atoms with van der Waals surface area (Å²) in [4.78, 5) is 18.3. The number of rotatable bonds is 7.